The molecule has 0 unspecified atom stereocenters. The molecule has 198 valence electrons. The molecular weight excluding hydrogens is 424 g/mol. The van der Waals surface area contributed by atoms with Gasteiger partial charge in [-0.2, -0.15) is 0 Å². The Morgan fingerprint density at radius 2 is 0.970 bits per heavy atom. The number of hydrogen-bond acceptors (Lipinski definition) is 7. The van der Waals surface area contributed by atoms with Gasteiger partial charge in [-0.25, -0.2) is 0 Å². The highest BCUT2D eigenvalue weighted by molar-refractivity contribution is 5.69. The summed E-state index contributed by atoms with van der Waals surface area (Å²) in [4.78, 5) is 12.0. The molecule has 0 saturated carbocycles. The summed E-state index contributed by atoms with van der Waals surface area (Å²) in [7, 11) is 0. The second-order valence-corrected chi connectivity index (χ2v) is 9.35. The van der Waals surface area contributed by atoms with Crippen LogP contribution in [0.4, 0.5) is 0 Å². The molecule has 0 saturated heterocycles. The Kier molecular flexibility index (Phi) is 22.5. The molecule has 0 bridgehead atoms. The number of carbonyl (C=O) groups is 1. The monoisotopic (exact) mass is 476 g/mol. The third-order valence-electron chi connectivity index (χ3n) is 6.24. The van der Waals surface area contributed by atoms with E-state index in [0.717, 1.165) is 19.3 Å². The molecule has 0 radical (unpaired) electrons. The average Bonchev–Trinajstić information content (AvgIpc) is 2.82. The number of esters is 1. The van der Waals surface area contributed by atoms with Gasteiger partial charge in [-0.05, 0) is 6.42 Å². The normalized spacial score (nSPS) is 15.2. The molecule has 0 heterocycles. The van der Waals surface area contributed by atoms with E-state index in [4.69, 9.17) is 14.9 Å². The van der Waals surface area contributed by atoms with Crippen LogP contribution in [0.2, 0.25) is 0 Å². The lowest BCUT2D eigenvalue weighted by Crippen LogP contribution is -2.49. The molecule has 0 rings (SSSR count). The number of hydrogen-bond donors (Lipinski definition) is 5. The molecule has 0 aliphatic heterocycles. The van der Waals surface area contributed by atoms with Crippen molar-refractivity contribution in [3.8, 4) is 0 Å². The van der Waals surface area contributed by atoms with Gasteiger partial charge < -0.3 is 30.3 Å². The summed E-state index contributed by atoms with van der Waals surface area (Å²) in [6.07, 6.45) is 15.2. The van der Waals surface area contributed by atoms with Gasteiger partial charge in [-0.1, -0.05) is 110 Å². The molecule has 33 heavy (non-hydrogen) atoms. The summed E-state index contributed by atoms with van der Waals surface area (Å²) in [5.41, 5.74) is 0. The number of aliphatic hydroxyl groups is 5. The Morgan fingerprint density at radius 3 is 1.33 bits per heavy atom. The van der Waals surface area contributed by atoms with Gasteiger partial charge in [-0.15, -0.1) is 0 Å². The lowest BCUT2D eigenvalue weighted by molar-refractivity contribution is -0.177. The van der Waals surface area contributed by atoms with Gasteiger partial charge in [-0.3, -0.25) is 4.79 Å². The maximum Gasteiger partial charge on any atom is 0.306 e. The van der Waals surface area contributed by atoms with Crippen molar-refractivity contribution in [2.24, 2.45) is 0 Å². The van der Waals surface area contributed by atoms with Gasteiger partial charge in [0.25, 0.3) is 0 Å². The van der Waals surface area contributed by atoms with Crippen molar-refractivity contribution in [1.29, 1.82) is 0 Å². The fourth-order valence-corrected chi connectivity index (χ4v) is 4.01. The van der Waals surface area contributed by atoms with Crippen molar-refractivity contribution >= 4 is 5.97 Å². The Bertz CT molecular complexity index is 433. The fourth-order valence-electron chi connectivity index (χ4n) is 4.01. The number of carbonyl (C=O) groups excluding carboxylic acids is 1. The van der Waals surface area contributed by atoms with Crippen LogP contribution in [0, 0.1) is 0 Å². The lowest BCUT2D eigenvalue weighted by atomic mass is 10.0. The Labute approximate surface area is 201 Å². The Hall–Kier alpha value is -0.730. The molecule has 4 atom stereocenters. The summed E-state index contributed by atoms with van der Waals surface area (Å²) in [6, 6.07) is 0. The highest BCUT2D eigenvalue weighted by atomic mass is 16.6. The van der Waals surface area contributed by atoms with Crippen LogP contribution in [0.5, 0.6) is 0 Å². The zero-order valence-electron chi connectivity index (χ0n) is 21.0. The largest absolute Gasteiger partial charge is 0.457 e. The first-order chi connectivity index (χ1) is 16.0. The maximum absolute atomic E-state index is 12.0. The van der Waals surface area contributed by atoms with E-state index in [2.05, 4.69) is 6.92 Å². The van der Waals surface area contributed by atoms with Crippen LogP contribution in [0.15, 0.2) is 0 Å². The predicted octanol–water partition coefficient (Wildman–Crippen LogP) is 4.01. The van der Waals surface area contributed by atoms with Gasteiger partial charge in [0.15, 0.2) is 6.10 Å². The number of unbranched alkanes of at least 4 members (excludes halogenated alkanes) is 16. The van der Waals surface area contributed by atoms with Crippen molar-refractivity contribution in [3.05, 3.63) is 0 Å². The molecule has 0 fully saturated rings. The van der Waals surface area contributed by atoms with Crippen molar-refractivity contribution in [2.75, 3.05) is 13.2 Å². The van der Waals surface area contributed by atoms with Crippen LogP contribution in [0.3, 0.4) is 0 Å². The van der Waals surface area contributed by atoms with Gasteiger partial charge in [0.2, 0.25) is 0 Å². The minimum Gasteiger partial charge on any atom is -0.457 e. The first-order valence-corrected chi connectivity index (χ1v) is 13.4. The molecule has 0 aromatic rings. The standard InChI is InChI=1S/C26H52O7/c1-2-3-4-5-6-7-8-9-10-11-12-13-14-15-16-17-18-19-24(31)33-26(23(30)21-28)25(32)22(29)20-27/h22-23,25-30,32H,2-21H2,1H3/t22-,23-,25-,26-/m0/s1. The van der Waals surface area contributed by atoms with Crippen molar-refractivity contribution in [3.63, 3.8) is 0 Å². The molecule has 0 aliphatic rings. The first-order valence-electron chi connectivity index (χ1n) is 13.4. The van der Waals surface area contributed by atoms with E-state index in [1.54, 1.807) is 0 Å². The number of ether oxygens (including phenoxy) is 1. The lowest BCUT2D eigenvalue weighted by Gasteiger charge is -2.28. The number of aliphatic hydroxyl groups excluding tert-OH is 5. The molecule has 0 aromatic heterocycles. The third-order valence-corrected chi connectivity index (χ3v) is 6.24. The summed E-state index contributed by atoms with van der Waals surface area (Å²) in [6.45, 7) is 0.784. The van der Waals surface area contributed by atoms with E-state index < -0.39 is 43.6 Å². The molecule has 7 nitrogen and oxygen atoms in total. The third kappa shape index (κ3) is 18.3. The van der Waals surface area contributed by atoms with Crippen LogP contribution in [0.25, 0.3) is 0 Å². The minimum atomic E-state index is -1.67. The molecular formula is C26H52O7. The minimum absolute atomic E-state index is 0.148. The van der Waals surface area contributed by atoms with Crippen molar-refractivity contribution in [2.45, 2.75) is 147 Å². The van der Waals surface area contributed by atoms with E-state index in [-0.39, 0.29) is 6.42 Å². The average molecular weight is 477 g/mol. The van der Waals surface area contributed by atoms with Crippen LogP contribution in [0.1, 0.15) is 122 Å². The molecule has 0 aliphatic carbocycles. The van der Waals surface area contributed by atoms with Crippen LogP contribution >= 0.6 is 0 Å². The van der Waals surface area contributed by atoms with Crippen molar-refractivity contribution < 1.29 is 35.1 Å². The fraction of sp³-hybridized carbons (Fsp3) is 0.962. The van der Waals surface area contributed by atoms with E-state index in [9.17, 15) is 20.1 Å². The smallest absolute Gasteiger partial charge is 0.306 e. The second kappa shape index (κ2) is 23.0. The Morgan fingerprint density at radius 1 is 0.606 bits per heavy atom. The summed E-state index contributed by atoms with van der Waals surface area (Å²) in [5, 5.41) is 47.1. The summed E-state index contributed by atoms with van der Waals surface area (Å²) < 4.78 is 5.05. The zero-order chi connectivity index (χ0) is 24.7. The highest BCUT2D eigenvalue weighted by Crippen LogP contribution is 2.15. The molecule has 0 spiro atoms. The molecule has 0 amide bonds. The van der Waals surface area contributed by atoms with Crippen molar-refractivity contribution in [1.82, 2.24) is 0 Å². The molecule has 5 N–H and O–H groups in total. The van der Waals surface area contributed by atoms with Gasteiger partial charge in [0.1, 0.15) is 18.3 Å². The predicted molar refractivity (Wildman–Crippen MR) is 131 cm³/mol. The maximum atomic E-state index is 12.0. The highest BCUT2D eigenvalue weighted by Gasteiger charge is 2.34. The summed E-state index contributed by atoms with van der Waals surface area (Å²) in [5.74, 6) is -0.599. The summed E-state index contributed by atoms with van der Waals surface area (Å²) >= 11 is 0. The van der Waals surface area contributed by atoms with Crippen LogP contribution < -0.4 is 0 Å². The van der Waals surface area contributed by atoms with E-state index in [1.807, 2.05) is 0 Å². The van der Waals surface area contributed by atoms with Gasteiger partial charge >= 0.3 is 5.97 Å². The second-order valence-electron chi connectivity index (χ2n) is 9.35. The topological polar surface area (TPSA) is 127 Å². The molecule has 0 aromatic carbocycles. The SMILES string of the molecule is CCCCCCCCCCCCCCCCCCCC(=O)O[C@H]([C@@H](O)[C@@H](O)CO)[C@@H](O)CO. The Balaban J connectivity index is 3.60. The van der Waals surface area contributed by atoms with E-state index in [1.165, 1.54) is 83.5 Å². The van der Waals surface area contributed by atoms with Gasteiger partial charge in [0, 0.05) is 6.42 Å². The first kappa shape index (κ1) is 32.3. The van der Waals surface area contributed by atoms with Gasteiger partial charge in [0.05, 0.1) is 13.2 Å². The van der Waals surface area contributed by atoms with Crippen LogP contribution in [-0.2, 0) is 9.53 Å². The number of rotatable bonds is 24. The quantitative estimate of drug-likeness (QED) is 0.105. The van der Waals surface area contributed by atoms with E-state index >= 15 is 0 Å². The zero-order valence-corrected chi connectivity index (χ0v) is 21.0. The van der Waals surface area contributed by atoms with E-state index in [0.29, 0.717) is 6.42 Å². The van der Waals surface area contributed by atoms with Crippen LogP contribution in [-0.4, -0.2) is 69.1 Å². The molecule has 7 heteroatoms.